The van der Waals surface area contributed by atoms with E-state index in [1.165, 1.54) is 18.3 Å². The number of hydrogen-bond donors (Lipinski definition) is 3. The van der Waals surface area contributed by atoms with E-state index in [4.69, 9.17) is 10.6 Å². The van der Waals surface area contributed by atoms with Crippen molar-refractivity contribution in [2.24, 2.45) is 5.16 Å². The molecule has 14 nitrogen and oxygen atoms in total. The number of anilines is 1. The molecule has 1 saturated heterocycles. The largest absolute Gasteiger partial charge is 0.384 e. The number of allylic oxidation sites excluding steroid dienone is 1. The van der Waals surface area contributed by atoms with Gasteiger partial charge < -0.3 is 21.2 Å². The van der Waals surface area contributed by atoms with Gasteiger partial charge in [-0.2, -0.15) is 4.57 Å². The van der Waals surface area contributed by atoms with Gasteiger partial charge in [0.15, 0.2) is 47.7 Å². The van der Waals surface area contributed by atoms with Crippen molar-refractivity contribution in [3.8, 4) is 0 Å². The number of amides is 2. The van der Waals surface area contributed by atoms with Gasteiger partial charge in [-0.1, -0.05) is 10.4 Å². The number of nitrogen functional groups attached to an aromatic ring is 1. The standard InChI is InChI=1S/C25H30N10O4S2/c1-13(11-36)39-31-20(19-15(3)41-25(26)29-19)22(37)28-21-23(38)35-14(2)16(12-40-24(21)35)9-33-7-5-18-17(10-33)30-32-34(18)8-6-27-4/h5,7,10-11,13,21,24,27H,6,8-9,12H2,1-4H3,(H2-,26,28,29,37)/p+1/b31-20-/t13-,21?,24?/m0/s1. The number of thioether (sulfide) groups is 1. The van der Waals surface area contributed by atoms with Crippen LogP contribution in [0.15, 0.2) is 34.9 Å². The number of likely N-dealkylation sites (N-methyl/N-ethyl adjacent to an activating group) is 1. The fourth-order valence-corrected chi connectivity index (χ4v) is 6.76. The summed E-state index contributed by atoms with van der Waals surface area (Å²) in [5.74, 6) is -0.154. The molecule has 4 N–H and O–H groups in total. The molecule has 3 atom stereocenters. The smallest absolute Gasteiger partial charge is 0.276 e. The lowest BCUT2D eigenvalue weighted by molar-refractivity contribution is -0.687. The van der Waals surface area contributed by atoms with Gasteiger partial charge in [0.2, 0.25) is 0 Å². The molecule has 2 unspecified atom stereocenters. The van der Waals surface area contributed by atoms with E-state index in [9.17, 15) is 14.4 Å². The maximum atomic E-state index is 13.3. The van der Waals surface area contributed by atoms with Crippen LogP contribution in [0.3, 0.4) is 0 Å². The number of carbonyl (C=O) groups excluding carboxylic acids is 3. The number of thiazole rings is 1. The van der Waals surface area contributed by atoms with E-state index in [-0.39, 0.29) is 27.8 Å². The predicted octanol–water partition coefficient (Wildman–Crippen LogP) is -0.0325. The van der Waals surface area contributed by atoms with Crippen molar-refractivity contribution in [1.29, 1.82) is 0 Å². The molecule has 3 aromatic rings. The predicted molar refractivity (Wildman–Crippen MR) is 154 cm³/mol. The third kappa shape index (κ3) is 5.67. The van der Waals surface area contributed by atoms with Crippen molar-refractivity contribution in [1.82, 2.24) is 35.5 Å². The molecular weight excluding hydrogens is 568 g/mol. The zero-order valence-corrected chi connectivity index (χ0v) is 24.7. The minimum absolute atomic E-state index is 0.140. The Balaban J connectivity index is 1.29. The van der Waals surface area contributed by atoms with Gasteiger partial charge in [-0.05, 0) is 27.8 Å². The third-order valence-electron chi connectivity index (χ3n) is 6.85. The number of carbonyl (C=O) groups is 3. The van der Waals surface area contributed by atoms with Gasteiger partial charge in [-0.15, -0.1) is 28.2 Å². The number of β-lactam (4-membered cyclic amide) rings is 1. The molecule has 16 heteroatoms. The number of aryl methyl sites for hydroxylation is 1. The van der Waals surface area contributed by atoms with E-state index in [2.05, 4.69) is 31.1 Å². The Morgan fingerprint density at radius 1 is 1.41 bits per heavy atom. The van der Waals surface area contributed by atoms with E-state index in [1.807, 2.05) is 41.7 Å². The summed E-state index contributed by atoms with van der Waals surface area (Å²) in [6.07, 6.45) is 3.64. The average Bonchev–Trinajstić information content (AvgIpc) is 3.52. The summed E-state index contributed by atoms with van der Waals surface area (Å²) in [4.78, 5) is 49.2. The van der Waals surface area contributed by atoms with Crippen molar-refractivity contribution in [2.45, 2.75) is 51.4 Å². The van der Waals surface area contributed by atoms with Crippen molar-refractivity contribution in [3.05, 3.63) is 40.3 Å². The van der Waals surface area contributed by atoms with Crippen LogP contribution in [-0.2, 0) is 32.3 Å². The van der Waals surface area contributed by atoms with Gasteiger partial charge in [0.25, 0.3) is 11.8 Å². The molecule has 5 heterocycles. The monoisotopic (exact) mass is 599 g/mol. The number of oxime groups is 1. The zero-order chi connectivity index (χ0) is 29.3. The van der Waals surface area contributed by atoms with Crippen LogP contribution in [0.1, 0.15) is 24.4 Å². The number of pyridine rings is 1. The minimum Gasteiger partial charge on any atom is -0.384 e. The molecular formula is C25H31N10O4S2+. The Labute approximate surface area is 244 Å². The van der Waals surface area contributed by atoms with E-state index in [0.29, 0.717) is 23.5 Å². The van der Waals surface area contributed by atoms with E-state index >= 15 is 0 Å². The Morgan fingerprint density at radius 3 is 2.93 bits per heavy atom. The maximum absolute atomic E-state index is 13.3. The first kappa shape index (κ1) is 28.6. The molecule has 0 radical (unpaired) electrons. The van der Waals surface area contributed by atoms with Crippen molar-refractivity contribution < 1.29 is 23.8 Å². The molecule has 41 heavy (non-hydrogen) atoms. The van der Waals surface area contributed by atoms with Gasteiger partial charge >= 0.3 is 0 Å². The molecule has 1 fully saturated rings. The van der Waals surface area contributed by atoms with Crippen LogP contribution in [0.4, 0.5) is 5.13 Å². The quantitative estimate of drug-likeness (QED) is 0.0893. The second-order valence-corrected chi connectivity index (χ2v) is 12.0. The topological polar surface area (TPSA) is 174 Å². The first-order valence-corrected chi connectivity index (χ1v) is 14.8. The van der Waals surface area contributed by atoms with Crippen LogP contribution in [0, 0.1) is 6.92 Å². The summed E-state index contributed by atoms with van der Waals surface area (Å²) in [6, 6.07) is 1.25. The number of aldehydes is 1. The number of aromatic nitrogens is 5. The summed E-state index contributed by atoms with van der Waals surface area (Å²) >= 11 is 2.78. The second kappa shape index (κ2) is 11.9. The van der Waals surface area contributed by atoms with Crippen LogP contribution in [-0.4, -0.2) is 85.6 Å². The fourth-order valence-electron chi connectivity index (χ4n) is 4.61. The van der Waals surface area contributed by atoms with E-state index < -0.39 is 18.1 Å². The highest BCUT2D eigenvalue weighted by Crippen LogP contribution is 2.40. The van der Waals surface area contributed by atoms with Crippen molar-refractivity contribution in [3.63, 3.8) is 0 Å². The lowest BCUT2D eigenvalue weighted by Crippen LogP contribution is -2.70. The molecule has 0 saturated carbocycles. The number of nitrogens with zero attached hydrogens (tertiary/aromatic N) is 7. The lowest BCUT2D eigenvalue weighted by atomic mass is 10.0. The van der Waals surface area contributed by atoms with Gasteiger partial charge in [0.1, 0.15) is 22.6 Å². The highest BCUT2D eigenvalue weighted by atomic mass is 32.2. The van der Waals surface area contributed by atoms with Crippen LogP contribution in [0.2, 0.25) is 0 Å². The average molecular weight is 600 g/mol. The highest BCUT2D eigenvalue weighted by molar-refractivity contribution is 8.00. The summed E-state index contributed by atoms with van der Waals surface area (Å²) < 4.78 is 3.90. The van der Waals surface area contributed by atoms with Crippen LogP contribution >= 0.6 is 23.1 Å². The number of nitrogens with two attached hydrogens (primary N) is 1. The maximum Gasteiger partial charge on any atom is 0.276 e. The van der Waals surface area contributed by atoms with Gasteiger partial charge in [-0.25, -0.2) is 9.67 Å². The summed E-state index contributed by atoms with van der Waals surface area (Å²) in [5, 5.41) is 18.3. The van der Waals surface area contributed by atoms with Gasteiger partial charge in [0.05, 0.1) is 6.54 Å². The summed E-state index contributed by atoms with van der Waals surface area (Å²) in [6.45, 7) is 7.29. The lowest BCUT2D eigenvalue weighted by Gasteiger charge is -2.49. The molecule has 0 spiro atoms. The Morgan fingerprint density at radius 2 is 2.22 bits per heavy atom. The van der Waals surface area contributed by atoms with Crippen LogP contribution in [0.5, 0.6) is 0 Å². The summed E-state index contributed by atoms with van der Waals surface area (Å²) in [7, 11) is 1.90. The number of fused-ring (bicyclic) bond motifs is 2. The Hall–Kier alpha value is -3.89. The fraction of sp³-hybridized carbons (Fsp3) is 0.440. The number of hydrogen-bond acceptors (Lipinski definition) is 12. The molecule has 0 aliphatic carbocycles. The van der Waals surface area contributed by atoms with Crippen LogP contribution in [0.25, 0.3) is 11.0 Å². The molecule has 0 bridgehead atoms. The SMILES string of the molecule is CNCCn1nnc2c[n+](CC3=C(C)N4C(=O)C(NC(=O)/C(=N\O[C@@H](C)C=O)c5nc(N)sc5C)C4SC3)ccc21. The van der Waals surface area contributed by atoms with E-state index in [0.717, 1.165) is 35.4 Å². The highest BCUT2D eigenvalue weighted by Gasteiger charge is 2.52. The molecule has 216 valence electrons. The Kier molecular flexibility index (Phi) is 8.32. The van der Waals surface area contributed by atoms with Crippen molar-refractivity contribution in [2.75, 3.05) is 25.1 Å². The Bertz CT molecular complexity index is 1560. The molecule has 5 rings (SSSR count). The minimum atomic E-state index is -0.862. The molecule has 3 aromatic heterocycles. The van der Waals surface area contributed by atoms with E-state index in [1.54, 1.807) is 23.6 Å². The van der Waals surface area contributed by atoms with Crippen molar-refractivity contribution >= 4 is 63.1 Å². The molecule has 2 aliphatic heterocycles. The normalized spacial score (nSPS) is 19.7. The first-order chi connectivity index (χ1) is 19.7. The molecule has 0 aromatic carbocycles. The van der Waals surface area contributed by atoms with Crippen LogP contribution < -0.4 is 20.9 Å². The first-order valence-electron chi connectivity index (χ1n) is 12.9. The third-order valence-corrected chi connectivity index (χ3v) is 8.99. The second-order valence-electron chi connectivity index (χ2n) is 9.70. The number of nitrogens with one attached hydrogen (secondary N) is 2. The molecule has 2 amide bonds. The van der Waals surface area contributed by atoms with Gasteiger partial charge in [-0.3, -0.25) is 19.3 Å². The summed E-state index contributed by atoms with van der Waals surface area (Å²) in [5.41, 5.74) is 9.66. The van der Waals surface area contributed by atoms with Gasteiger partial charge in [0, 0.05) is 34.5 Å². The molecule has 2 aliphatic rings. The zero-order valence-electron chi connectivity index (χ0n) is 23.0. The number of rotatable bonds is 11.